The molecular weight excluding hydrogens is 880 g/mol. The lowest BCUT2D eigenvalue weighted by molar-refractivity contribution is -0.143. The molecule has 0 radical (unpaired) electrons. The minimum Gasteiger partial charge on any atom is -0.481 e. The van der Waals surface area contributed by atoms with Gasteiger partial charge in [-0.25, -0.2) is 0 Å². The predicted molar refractivity (Wildman–Crippen MR) is 228 cm³/mol. The van der Waals surface area contributed by atoms with Crippen molar-refractivity contribution in [3.8, 4) is 0 Å². The van der Waals surface area contributed by atoms with Crippen molar-refractivity contribution in [3.05, 3.63) is 0 Å². The molecule has 66 heavy (non-hydrogen) atoms. The van der Waals surface area contributed by atoms with Crippen LogP contribution in [0.2, 0.25) is 0 Å². The van der Waals surface area contributed by atoms with Gasteiger partial charge >= 0.3 is 17.9 Å². The minimum absolute atomic E-state index is 0.0569. The molecule has 0 heterocycles. The van der Waals surface area contributed by atoms with E-state index in [9.17, 15) is 78.0 Å². The topological polar surface area (TPSA) is 454 Å². The molecule has 10 atom stereocenters. The van der Waals surface area contributed by atoms with E-state index in [4.69, 9.17) is 16.6 Å². The number of primary amides is 1. The number of aliphatic carboxylic acids is 3. The van der Waals surface area contributed by atoms with E-state index in [1.807, 2.05) is 22.9 Å². The molecule has 27 nitrogen and oxygen atoms in total. The van der Waals surface area contributed by atoms with Crippen LogP contribution in [0.4, 0.5) is 0 Å². The lowest BCUT2D eigenvalue weighted by atomic mass is 9.97. The molecule has 0 spiro atoms. The maximum atomic E-state index is 13.6. The van der Waals surface area contributed by atoms with Crippen LogP contribution < -0.4 is 54.0 Å². The van der Waals surface area contributed by atoms with Crippen LogP contribution >= 0.6 is 0 Å². The SMILES string of the molecule is CC[C@H](C)[C@H](N)C(=O)N[C@@H](CC(C)C)C(=O)N[C@@H](CC(N)=O)C(=O)N[C@@H](CC(=O)O)C(=O)N[C@@H](CC(C)C)C(=O)N[C@@H](CO)C(=O)N[C@@H](CO)C(=O)N[C@@H](CC(=O)O)C(=O)N[C@@H](C)C(=O)O. The summed E-state index contributed by atoms with van der Waals surface area (Å²) in [4.78, 5) is 152. The number of nitrogens with two attached hydrogens (primary N) is 2. The molecule has 0 aliphatic rings. The van der Waals surface area contributed by atoms with Crippen molar-refractivity contribution in [1.29, 1.82) is 0 Å². The Balaban J connectivity index is 6.33. The van der Waals surface area contributed by atoms with Gasteiger partial charge in [0.2, 0.25) is 53.2 Å². The van der Waals surface area contributed by atoms with Gasteiger partial charge in [0.05, 0.1) is 38.5 Å². The summed E-state index contributed by atoms with van der Waals surface area (Å²) >= 11 is 0. The highest BCUT2D eigenvalue weighted by Crippen LogP contribution is 2.11. The van der Waals surface area contributed by atoms with E-state index in [1.165, 1.54) is 0 Å². The lowest BCUT2D eigenvalue weighted by Gasteiger charge is -2.28. The fourth-order valence-electron chi connectivity index (χ4n) is 5.76. The zero-order chi connectivity index (χ0) is 51.2. The van der Waals surface area contributed by atoms with E-state index in [-0.39, 0.29) is 24.7 Å². The Kier molecular flexibility index (Phi) is 26.3. The molecule has 0 aliphatic carbocycles. The van der Waals surface area contributed by atoms with Crippen molar-refractivity contribution in [1.82, 2.24) is 42.5 Å². The summed E-state index contributed by atoms with van der Waals surface area (Å²) in [6, 6.07) is -14.9. The Labute approximate surface area is 380 Å². The average Bonchev–Trinajstić information content (AvgIpc) is 3.21. The molecule has 9 amide bonds. The Morgan fingerprint density at radius 2 is 0.727 bits per heavy atom. The molecule has 27 heteroatoms. The standard InChI is InChI=1S/C39H66N10O17/c1-8-18(6)30(41)38(64)47-21(10-17(4)5)32(58)44-22(11-27(40)52)34(60)45-24(13-29(55)56)35(61)43-20(9-16(2)3)33(59)48-26(15-51)37(63)49-25(14-50)36(62)46-23(12-28(53)54)31(57)42-19(7)39(65)66/h16-26,30,50-51H,8-15,41H2,1-7H3,(H2,40,52)(H,42,57)(H,43,61)(H,44,58)(H,45,60)(H,46,62)(H,47,64)(H,48,59)(H,49,63)(H,53,54)(H,55,56)(H,65,66)/t18-,19-,20-,21-,22-,23-,24-,25-,26-,30-/m0/s1. The number of nitrogens with one attached hydrogen (secondary N) is 8. The number of carbonyl (C=O) groups excluding carboxylic acids is 9. The third-order valence-corrected chi connectivity index (χ3v) is 9.66. The van der Waals surface area contributed by atoms with Gasteiger partial charge in [-0.05, 0) is 37.5 Å². The second-order valence-corrected chi connectivity index (χ2v) is 16.4. The van der Waals surface area contributed by atoms with E-state index in [0.717, 1.165) is 6.92 Å². The van der Waals surface area contributed by atoms with Crippen LogP contribution in [-0.2, 0) is 57.5 Å². The predicted octanol–water partition coefficient (Wildman–Crippen LogP) is -5.76. The van der Waals surface area contributed by atoms with Gasteiger partial charge in [-0.3, -0.25) is 57.5 Å². The number of aliphatic hydroxyl groups is 2. The Morgan fingerprint density at radius 1 is 0.439 bits per heavy atom. The molecule has 0 rings (SSSR count). The van der Waals surface area contributed by atoms with E-state index in [2.05, 4.69) is 26.6 Å². The van der Waals surface area contributed by atoms with Crippen molar-refractivity contribution in [2.24, 2.45) is 29.2 Å². The van der Waals surface area contributed by atoms with Gasteiger partial charge in [0.1, 0.15) is 48.3 Å². The number of amides is 9. The summed E-state index contributed by atoms with van der Waals surface area (Å²) in [5.74, 6) is -15.9. The van der Waals surface area contributed by atoms with E-state index < -0.39 is 164 Å². The smallest absolute Gasteiger partial charge is 0.325 e. The average molecular weight is 947 g/mol. The number of rotatable bonds is 31. The van der Waals surface area contributed by atoms with Crippen LogP contribution in [0.1, 0.15) is 87.0 Å². The second kappa shape index (κ2) is 29.1. The summed E-state index contributed by atoms with van der Waals surface area (Å²) in [6.45, 7) is 8.95. The van der Waals surface area contributed by atoms with Crippen LogP contribution in [0.25, 0.3) is 0 Å². The van der Waals surface area contributed by atoms with Crippen LogP contribution in [0, 0.1) is 17.8 Å². The summed E-state index contributed by atoms with van der Waals surface area (Å²) in [7, 11) is 0. The first kappa shape index (κ1) is 59.5. The highest BCUT2D eigenvalue weighted by molar-refractivity contribution is 6.00. The summed E-state index contributed by atoms with van der Waals surface area (Å²) in [5.41, 5.74) is 11.4. The lowest BCUT2D eigenvalue weighted by Crippen LogP contribution is -2.61. The summed E-state index contributed by atoms with van der Waals surface area (Å²) < 4.78 is 0. The van der Waals surface area contributed by atoms with Gasteiger partial charge in [0.25, 0.3) is 0 Å². The molecule has 0 aromatic carbocycles. The van der Waals surface area contributed by atoms with Crippen molar-refractivity contribution < 1.29 is 83.1 Å². The largest absolute Gasteiger partial charge is 0.481 e. The molecule has 17 N–H and O–H groups in total. The minimum atomic E-state index is -1.98. The number of carboxylic acid groups (broad SMARTS) is 3. The summed E-state index contributed by atoms with van der Waals surface area (Å²) in [6.07, 6.45) is -2.61. The van der Waals surface area contributed by atoms with E-state index in [0.29, 0.717) is 6.42 Å². The van der Waals surface area contributed by atoms with Gasteiger partial charge in [-0.1, -0.05) is 48.0 Å². The van der Waals surface area contributed by atoms with Gasteiger partial charge < -0.3 is 79.5 Å². The van der Waals surface area contributed by atoms with Crippen molar-refractivity contribution in [3.63, 3.8) is 0 Å². The third kappa shape index (κ3) is 21.9. The third-order valence-electron chi connectivity index (χ3n) is 9.66. The van der Waals surface area contributed by atoms with Crippen LogP contribution in [0.15, 0.2) is 0 Å². The zero-order valence-corrected chi connectivity index (χ0v) is 37.9. The van der Waals surface area contributed by atoms with Gasteiger partial charge in [-0.2, -0.15) is 0 Å². The Bertz CT molecular complexity index is 1760. The van der Waals surface area contributed by atoms with Crippen molar-refractivity contribution >= 4 is 71.1 Å². The van der Waals surface area contributed by atoms with Crippen molar-refractivity contribution in [2.75, 3.05) is 13.2 Å². The first-order valence-electron chi connectivity index (χ1n) is 20.9. The van der Waals surface area contributed by atoms with Crippen LogP contribution in [0.5, 0.6) is 0 Å². The highest BCUT2D eigenvalue weighted by atomic mass is 16.4. The number of hydrogen-bond donors (Lipinski definition) is 15. The van der Waals surface area contributed by atoms with E-state index >= 15 is 0 Å². The molecule has 0 aromatic rings. The first-order valence-corrected chi connectivity index (χ1v) is 20.9. The number of hydrogen-bond acceptors (Lipinski definition) is 15. The second-order valence-electron chi connectivity index (χ2n) is 16.4. The maximum absolute atomic E-state index is 13.6. The fraction of sp³-hybridized carbons (Fsp3) is 0.692. The molecule has 0 aliphatic heterocycles. The summed E-state index contributed by atoms with van der Waals surface area (Å²) in [5, 5.41) is 65.0. The first-order chi connectivity index (χ1) is 30.6. The van der Waals surface area contributed by atoms with Crippen LogP contribution in [0.3, 0.4) is 0 Å². The monoisotopic (exact) mass is 946 g/mol. The Morgan fingerprint density at radius 3 is 1.03 bits per heavy atom. The molecule has 0 saturated heterocycles. The molecule has 0 saturated carbocycles. The highest BCUT2D eigenvalue weighted by Gasteiger charge is 2.36. The molecule has 0 fully saturated rings. The van der Waals surface area contributed by atoms with Gasteiger partial charge in [0, 0.05) is 0 Å². The molecule has 374 valence electrons. The molecule has 0 bridgehead atoms. The zero-order valence-electron chi connectivity index (χ0n) is 37.9. The maximum Gasteiger partial charge on any atom is 0.325 e. The van der Waals surface area contributed by atoms with Gasteiger partial charge in [0.15, 0.2) is 0 Å². The number of aliphatic hydroxyl groups excluding tert-OH is 2. The molecular formula is C39H66N10O17. The Hall–Kier alpha value is -6.48. The van der Waals surface area contributed by atoms with Gasteiger partial charge in [-0.15, -0.1) is 0 Å². The quantitative estimate of drug-likeness (QED) is 0.0308. The molecule has 0 aromatic heterocycles. The van der Waals surface area contributed by atoms with Crippen molar-refractivity contribution in [2.45, 2.75) is 141 Å². The molecule has 0 unspecified atom stereocenters. The number of carboxylic acids is 3. The number of carbonyl (C=O) groups is 12. The normalized spacial score (nSPS) is 15.6. The fourth-order valence-corrected chi connectivity index (χ4v) is 5.76. The van der Waals surface area contributed by atoms with E-state index in [1.54, 1.807) is 34.6 Å². The van der Waals surface area contributed by atoms with Crippen LogP contribution in [-0.4, -0.2) is 164 Å².